The molecule has 0 saturated heterocycles. The highest BCUT2D eigenvalue weighted by Gasteiger charge is 2.34. The summed E-state index contributed by atoms with van der Waals surface area (Å²) < 4.78 is 38.4. The standard InChI is InChI=1S/C12H10F3NO3S/c1-20-11-7(12(13,14)15)3-2-4-8(11)16-9(17)5-6-10(18)19/h2-6H,1H3,(H,16,17)(H,18,19)/b6-5-. The van der Waals surface area contributed by atoms with Crippen LogP contribution in [0.15, 0.2) is 35.2 Å². The minimum atomic E-state index is -4.53. The summed E-state index contributed by atoms with van der Waals surface area (Å²) in [7, 11) is 0. The van der Waals surface area contributed by atoms with E-state index in [1.165, 1.54) is 18.4 Å². The topological polar surface area (TPSA) is 66.4 Å². The highest BCUT2D eigenvalue weighted by molar-refractivity contribution is 7.98. The maximum atomic E-state index is 12.8. The molecule has 4 nitrogen and oxygen atoms in total. The van der Waals surface area contributed by atoms with Gasteiger partial charge in [-0.3, -0.25) is 4.79 Å². The second-order valence-corrected chi connectivity index (χ2v) is 4.36. The van der Waals surface area contributed by atoms with Crippen LogP contribution in [0.4, 0.5) is 18.9 Å². The SMILES string of the molecule is CSc1c(NC(=O)/C=C\C(=O)O)cccc1C(F)(F)F. The Morgan fingerprint density at radius 1 is 1.30 bits per heavy atom. The molecule has 0 aliphatic carbocycles. The van der Waals surface area contributed by atoms with E-state index in [1.807, 2.05) is 0 Å². The number of carboxylic acid groups (broad SMARTS) is 1. The van der Waals surface area contributed by atoms with Gasteiger partial charge in [0.15, 0.2) is 0 Å². The summed E-state index contributed by atoms with van der Waals surface area (Å²) in [6.45, 7) is 0. The minimum Gasteiger partial charge on any atom is -0.478 e. The predicted octanol–water partition coefficient (Wildman–Crippen LogP) is 3.01. The number of aliphatic carboxylic acids is 1. The molecule has 2 N–H and O–H groups in total. The predicted molar refractivity (Wildman–Crippen MR) is 68.6 cm³/mol. The lowest BCUT2D eigenvalue weighted by Gasteiger charge is -2.15. The van der Waals surface area contributed by atoms with Gasteiger partial charge in [-0.25, -0.2) is 4.79 Å². The van der Waals surface area contributed by atoms with Gasteiger partial charge in [0, 0.05) is 17.0 Å². The van der Waals surface area contributed by atoms with Crippen LogP contribution >= 0.6 is 11.8 Å². The van der Waals surface area contributed by atoms with Crippen molar-refractivity contribution in [3.05, 3.63) is 35.9 Å². The highest BCUT2D eigenvalue weighted by atomic mass is 32.2. The van der Waals surface area contributed by atoms with Crippen LogP contribution in [-0.2, 0) is 15.8 Å². The number of hydrogen-bond acceptors (Lipinski definition) is 3. The van der Waals surface area contributed by atoms with E-state index in [0.717, 1.165) is 23.9 Å². The number of carbonyl (C=O) groups excluding carboxylic acids is 1. The maximum Gasteiger partial charge on any atom is 0.417 e. The number of alkyl halides is 3. The van der Waals surface area contributed by atoms with Crippen molar-refractivity contribution in [2.45, 2.75) is 11.1 Å². The quantitative estimate of drug-likeness (QED) is 0.663. The number of benzene rings is 1. The number of thioether (sulfide) groups is 1. The molecule has 0 atom stereocenters. The number of rotatable bonds is 4. The van der Waals surface area contributed by atoms with E-state index in [2.05, 4.69) is 5.32 Å². The Morgan fingerprint density at radius 2 is 1.95 bits per heavy atom. The first-order chi connectivity index (χ1) is 9.25. The minimum absolute atomic E-state index is 0.0210. The third-order valence-corrected chi connectivity index (χ3v) is 3.01. The van der Waals surface area contributed by atoms with E-state index in [4.69, 9.17) is 5.11 Å². The molecule has 1 aromatic carbocycles. The van der Waals surface area contributed by atoms with Gasteiger partial charge in [-0.2, -0.15) is 13.2 Å². The number of carboxylic acids is 1. The molecule has 0 spiro atoms. The Hall–Kier alpha value is -1.96. The third-order valence-electron chi connectivity index (χ3n) is 2.16. The van der Waals surface area contributed by atoms with Crippen LogP contribution in [0.5, 0.6) is 0 Å². The second kappa shape index (κ2) is 6.47. The summed E-state index contributed by atoms with van der Waals surface area (Å²) in [5, 5.41) is 10.6. The summed E-state index contributed by atoms with van der Waals surface area (Å²) in [5.74, 6) is -2.14. The highest BCUT2D eigenvalue weighted by Crippen LogP contribution is 2.39. The van der Waals surface area contributed by atoms with Gasteiger partial charge in [-0.1, -0.05) is 6.07 Å². The second-order valence-electron chi connectivity index (χ2n) is 3.54. The number of amides is 1. The van der Waals surface area contributed by atoms with Crippen LogP contribution < -0.4 is 5.32 Å². The number of halogens is 3. The molecular weight excluding hydrogens is 295 g/mol. The van der Waals surface area contributed by atoms with E-state index in [9.17, 15) is 22.8 Å². The fraction of sp³-hybridized carbons (Fsp3) is 0.167. The molecule has 0 aromatic heterocycles. The lowest BCUT2D eigenvalue weighted by Crippen LogP contribution is -2.13. The van der Waals surface area contributed by atoms with Crippen molar-refractivity contribution in [1.82, 2.24) is 0 Å². The molecule has 0 unspecified atom stereocenters. The number of carbonyl (C=O) groups is 2. The number of anilines is 1. The van der Waals surface area contributed by atoms with Crippen molar-refractivity contribution < 1.29 is 27.9 Å². The zero-order valence-electron chi connectivity index (χ0n) is 10.2. The normalized spacial score (nSPS) is 11.6. The Labute approximate surface area is 116 Å². The molecular formula is C12H10F3NO3S. The van der Waals surface area contributed by atoms with Crippen molar-refractivity contribution in [2.75, 3.05) is 11.6 Å². The molecule has 1 aromatic rings. The van der Waals surface area contributed by atoms with Gasteiger partial charge in [0.1, 0.15) is 0 Å². The molecule has 0 radical (unpaired) electrons. The zero-order valence-corrected chi connectivity index (χ0v) is 11.0. The van der Waals surface area contributed by atoms with Crippen LogP contribution in [0.25, 0.3) is 0 Å². The molecule has 0 heterocycles. The number of hydrogen-bond donors (Lipinski definition) is 2. The van der Waals surface area contributed by atoms with Crippen molar-refractivity contribution >= 4 is 29.3 Å². The monoisotopic (exact) mass is 305 g/mol. The van der Waals surface area contributed by atoms with Gasteiger partial charge < -0.3 is 10.4 Å². The fourth-order valence-corrected chi connectivity index (χ4v) is 2.14. The first-order valence-electron chi connectivity index (χ1n) is 5.22. The van der Waals surface area contributed by atoms with E-state index in [-0.39, 0.29) is 10.6 Å². The lowest BCUT2D eigenvalue weighted by molar-refractivity contribution is -0.139. The van der Waals surface area contributed by atoms with Gasteiger partial charge in [-0.15, -0.1) is 11.8 Å². The zero-order chi connectivity index (χ0) is 15.3. The van der Waals surface area contributed by atoms with Crippen molar-refractivity contribution in [3.63, 3.8) is 0 Å². The molecule has 108 valence electrons. The van der Waals surface area contributed by atoms with Crippen LogP contribution in [0.3, 0.4) is 0 Å². The largest absolute Gasteiger partial charge is 0.478 e. The maximum absolute atomic E-state index is 12.8. The lowest BCUT2D eigenvalue weighted by atomic mass is 10.2. The summed E-state index contributed by atoms with van der Waals surface area (Å²) in [6.07, 6.45) is -1.75. The average Bonchev–Trinajstić information content (AvgIpc) is 2.35. The Morgan fingerprint density at radius 3 is 2.45 bits per heavy atom. The van der Waals surface area contributed by atoms with Crippen LogP contribution in [0.1, 0.15) is 5.56 Å². The Bertz CT molecular complexity index is 555. The first-order valence-corrected chi connectivity index (χ1v) is 6.44. The van der Waals surface area contributed by atoms with E-state index >= 15 is 0 Å². The number of nitrogens with one attached hydrogen (secondary N) is 1. The van der Waals surface area contributed by atoms with E-state index < -0.39 is 23.6 Å². The van der Waals surface area contributed by atoms with Crippen molar-refractivity contribution in [3.8, 4) is 0 Å². The molecule has 8 heteroatoms. The third kappa shape index (κ3) is 4.30. The molecule has 0 fully saturated rings. The van der Waals surface area contributed by atoms with Crippen LogP contribution in [-0.4, -0.2) is 23.2 Å². The molecule has 20 heavy (non-hydrogen) atoms. The molecule has 1 amide bonds. The molecule has 0 saturated carbocycles. The van der Waals surface area contributed by atoms with Crippen LogP contribution in [0.2, 0.25) is 0 Å². The van der Waals surface area contributed by atoms with Gasteiger partial charge in [0.2, 0.25) is 5.91 Å². The smallest absolute Gasteiger partial charge is 0.417 e. The van der Waals surface area contributed by atoms with E-state index in [0.29, 0.717) is 6.08 Å². The first kappa shape index (κ1) is 16.1. The fourth-order valence-electron chi connectivity index (χ4n) is 1.40. The molecule has 1 rings (SSSR count). The van der Waals surface area contributed by atoms with Crippen molar-refractivity contribution in [2.24, 2.45) is 0 Å². The van der Waals surface area contributed by atoms with Gasteiger partial charge in [-0.05, 0) is 18.4 Å². The van der Waals surface area contributed by atoms with Gasteiger partial charge in [0.05, 0.1) is 11.3 Å². The average molecular weight is 305 g/mol. The van der Waals surface area contributed by atoms with Gasteiger partial charge >= 0.3 is 12.1 Å². The summed E-state index contributed by atoms with van der Waals surface area (Å²) in [4.78, 5) is 21.5. The Balaban J connectivity index is 3.08. The molecule has 0 bridgehead atoms. The van der Waals surface area contributed by atoms with Crippen molar-refractivity contribution in [1.29, 1.82) is 0 Å². The summed E-state index contributed by atoms with van der Waals surface area (Å²) in [6, 6.07) is 3.39. The Kier molecular flexibility index (Phi) is 5.20. The summed E-state index contributed by atoms with van der Waals surface area (Å²) in [5.41, 5.74) is -0.877. The molecule has 0 aliphatic rings. The molecule has 0 aliphatic heterocycles. The van der Waals surface area contributed by atoms with Crippen LogP contribution in [0, 0.1) is 0 Å². The van der Waals surface area contributed by atoms with Gasteiger partial charge in [0.25, 0.3) is 0 Å². The summed E-state index contributed by atoms with van der Waals surface area (Å²) >= 11 is 0.840. The van der Waals surface area contributed by atoms with E-state index in [1.54, 1.807) is 0 Å².